The number of ether oxygens (including phenoxy) is 1. The van der Waals surface area contributed by atoms with E-state index in [4.69, 9.17) is 4.74 Å². The molecule has 2 N–H and O–H groups in total. The number of fused-ring (bicyclic) bond motifs is 1. The van der Waals surface area contributed by atoms with Crippen LogP contribution in [0.2, 0.25) is 0 Å². The number of anilines is 1. The molecular weight excluding hydrogens is 302 g/mol. The van der Waals surface area contributed by atoms with Crippen molar-refractivity contribution in [1.29, 1.82) is 0 Å². The molecule has 1 saturated carbocycles. The van der Waals surface area contributed by atoms with Gasteiger partial charge >= 0.3 is 0 Å². The molecule has 5 heteroatoms. The Hall–Kier alpha value is -2.82. The molecule has 0 spiro atoms. The topological polar surface area (TPSA) is 67.0 Å². The van der Waals surface area contributed by atoms with Crippen molar-refractivity contribution in [3.8, 4) is 5.75 Å². The van der Waals surface area contributed by atoms with Gasteiger partial charge in [0.15, 0.2) is 0 Å². The Morgan fingerprint density at radius 1 is 1.12 bits per heavy atom. The summed E-state index contributed by atoms with van der Waals surface area (Å²) >= 11 is 0. The highest BCUT2D eigenvalue weighted by molar-refractivity contribution is 5.78. The molecule has 0 unspecified atom stereocenters. The third kappa shape index (κ3) is 2.97. The van der Waals surface area contributed by atoms with Gasteiger partial charge in [0.05, 0.1) is 17.0 Å². The molecule has 3 aromatic rings. The molecule has 2 aromatic carbocycles. The molecule has 24 heavy (non-hydrogen) atoms. The summed E-state index contributed by atoms with van der Waals surface area (Å²) in [5.74, 6) is 1.37. The summed E-state index contributed by atoms with van der Waals surface area (Å²) < 4.78 is 6.03. The van der Waals surface area contributed by atoms with E-state index in [0.29, 0.717) is 29.5 Å². The van der Waals surface area contributed by atoms with Crippen LogP contribution < -0.4 is 15.6 Å². The summed E-state index contributed by atoms with van der Waals surface area (Å²) in [5.41, 5.74) is 1.60. The van der Waals surface area contributed by atoms with Gasteiger partial charge in [0, 0.05) is 12.1 Å². The first-order chi connectivity index (χ1) is 11.8. The van der Waals surface area contributed by atoms with Crippen molar-refractivity contribution in [3.63, 3.8) is 0 Å². The van der Waals surface area contributed by atoms with Gasteiger partial charge in [-0.05, 0) is 37.5 Å². The van der Waals surface area contributed by atoms with E-state index in [1.807, 2.05) is 42.5 Å². The highest BCUT2D eigenvalue weighted by Crippen LogP contribution is 2.27. The molecule has 1 aromatic heterocycles. The monoisotopic (exact) mass is 321 g/mol. The van der Waals surface area contributed by atoms with Crippen LogP contribution >= 0.6 is 0 Å². The number of hydrogen-bond acceptors (Lipinski definition) is 4. The molecular formula is C19H19N3O2. The molecule has 1 heterocycles. The summed E-state index contributed by atoms with van der Waals surface area (Å²) in [6.07, 6.45) is 3.83. The molecule has 0 radical (unpaired) electrons. The molecule has 0 saturated heterocycles. The predicted molar refractivity (Wildman–Crippen MR) is 94.4 cm³/mol. The van der Waals surface area contributed by atoms with Gasteiger partial charge in [-0.3, -0.25) is 9.78 Å². The van der Waals surface area contributed by atoms with E-state index >= 15 is 0 Å². The van der Waals surface area contributed by atoms with E-state index in [-0.39, 0.29) is 5.56 Å². The van der Waals surface area contributed by atoms with Gasteiger partial charge < -0.3 is 10.1 Å². The van der Waals surface area contributed by atoms with E-state index in [2.05, 4.69) is 15.3 Å². The lowest BCUT2D eigenvalue weighted by Gasteiger charge is -2.27. The zero-order valence-electron chi connectivity index (χ0n) is 13.3. The van der Waals surface area contributed by atoms with E-state index in [1.54, 1.807) is 6.07 Å². The minimum absolute atomic E-state index is 0.137. The summed E-state index contributed by atoms with van der Waals surface area (Å²) in [7, 11) is 0. The van der Waals surface area contributed by atoms with Crippen LogP contribution in [0, 0.1) is 0 Å². The Morgan fingerprint density at radius 3 is 2.75 bits per heavy atom. The van der Waals surface area contributed by atoms with Crippen LogP contribution in [0.25, 0.3) is 10.9 Å². The van der Waals surface area contributed by atoms with E-state index in [1.165, 1.54) is 6.42 Å². The van der Waals surface area contributed by atoms with Crippen LogP contribution in [0.5, 0.6) is 5.75 Å². The van der Waals surface area contributed by atoms with Gasteiger partial charge in [0.2, 0.25) is 5.95 Å². The molecule has 0 bridgehead atoms. The average molecular weight is 321 g/mol. The Bertz CT molecular complexity index is 916. The number of rotatable bonds is 5. The van der Waals surface area contributed by atoms with Crippen LogP contribution in [0.4, 0.5) is 5.95 Å². The zero-order chi connectivity index (χ0) is 16.4. The normalized spacial score (nSPS) is 14.3. The van der Waals surface area contributed by atoms with Crippen LogP contribution in [-0.4, -0.2) is 16.1 Å². The quantitative estimate of drug-likeness (QED) is 0.755. The third-order valence-corrected chi connectivity index (χ3v) is 4.38. The Balaban J connectivity index is 1.54. The highest BCUT2D eigenvalue weighted by atomic mass is 16.5. The highest BCUT2D eigenvalue weighted by Gasteiger charge is 2.20. The van der Waals surface area contributed by atoms with Crippen molar-refractivity contribution < 1.29 is 4.74 Å². The largest absolute Gasteiger partial charge is 0.490 e. The van der Waals surface area contributed by atoms with Crippen LogP contribution in [-0.2, 0) is 6.54 Å². The maximum atomic E-state index is 12.1. The molecule has 5 nitrogen and oxygen atoms in total. The van der Waals surface area contributed by atoms with Gasteiger partial charge in [-0.1, -0.05) is 30.3 Å². The number of hydrogen-bond donors (Lipinski definition) is 2. The number of aromatic amines is 1. The first kappa shape index (κ1) is 14.8. The van der Waals surface area contributed by atoms with Crippen molar-refractivity contribution in [3.05, 3.63) is 64.4 Å². The van der Waals surface area contributed by atoms with Crippen LogP contribution in [0.1, 0.15) is 24.8 Å². The SMILES string of the molecule is O=c1[nH]c(NCc2ccccc2OC2CCC2)nc2ccccc12. The molecule has 1 aliphatic rings. The Labute approximate surface area is 139 Å². The van der Waals surface area contributed by atoms with Crippen LogP contribution in [0.15, 0.2) is 53.3 Å². The van der Waals surface area contributed by atoms with Gasteiger partial charge in [0.1, 0.15) is 5.75 Å². The number of aromatic nitrogens is 2. The fraction of sp³-hybridized carbons (Fsp3) is 0.263. The fourth-order valence-corrected chi connectivity index (χ4v) is 2.78. The second-order valence-corrected chi connectivity index (χ2v) is 6.06. The summed E-state index contributed by atoms with van der Waals surface area (Å²) in [5, 5.41) is 3.79. The molecule has 0 amide bonds. The van der Waals surface area contributed by atoms with E-state index in [9.17, 15) is 4.79 Å². The molecule has 1 fully saturated rings. The maximum absolute atomic E-state index is 12.1. The first-order valence-electron chi connectivity index (χ1n) is 8.27. The van der Waals surface area contributed by atoms with Gasteiger partial charge in [-0.2, -0.15) is 0 Å². The zero-order valence-corrected chi connectivity index (χ0v) is 13.3. The molecule has 0 aliphatic heterocycles. The van der Waals surface area contributed by atoms with Gasteiger partial charge in [0.25, 0.3) is 5.56 Å². The lowest BCUT2D eigenvalue weighted by molar-refractivity contribution is 0.119. The number of nitrogens with one attached hydrogen (secondary N) is 2. The van der Waals surface area contributed by atoms with E-state index in [0.717, 1.165) is 24.2 Å². The number of nitrogens with zero attached hydrogens (tertiary/aromatic N) is 1. The fourth-order valence-electron chi connectivity index (χ4n) is 2.78. The molecule has 4 rings (SSSR count). The lowest BCUT2D eigenvalue weighted by Crippen LogP contribution is -2.25. The number of para-hydroxylation sites is 2. The predicted octanol–water partition coefficient (Wildman–Crippen LogP) is 3.47. The number of benzene rings is 2. The molecule has 1 aliphatic carbocycles. The van der Waals surface area contributed by atoms with Crippen molar-refractivity contribution in [1.82, 2.24) is 9.97 Å². The average Bonchev–Trinajstić information content (AvgIpc) is 2.57. The summed E-state index contributed by atoms with van der Waals surface area (Å²) in [6, 6.07) is 15.3. The summed E-state index contributed by atoms with van der Waals surface area (Å²) in [4.78, 5) is 19.4. The third-order valence-electron chi connectivity index (χ3n) is 4.38. The molecule has 0 atom stereocenters. The van der Waals surface area contributed by atoms with Crippen LogP contribution in [0.3, 0.4) is 0 Å². The summed E-state index contributed by atoms with van der Waals surface area (Å²) in [6.45, 7) is 0.546. The van der Waals surface area contributed by atoms with E-state index < -0.39 is 0 Å². The number of H-pyrrole nitrogens is 1. The molecule has 122 valence electrons. The second-order valence-electron chi connectivity index (χ2n) is 6.06. The van der Waals surface area contributed by atoms with Crippen molar-refractivity contribution in [2.75, 3.05) is 5.32 Å². The van der Waals surface area contributed by atoms with Crippen molar-refractivity contribution in [2.45, 2.75) is 31.9 Å². The lowest BCUT2D eigenvalue weighted by atomic mass is 9.96. The standard InChI is InChI=1S/C19H19N3O2/c23-18-15-9-2-3-10-16(15)21-19(22-18)20-12-13-6-1-4-11-17(13)24-14-7-5-8-14/h1-4,6,9-11,14H,5,7-8,12H2,(H2,20,21,22,23). The Kier molecular flexibility index (Phi) is 3.91. The minimum atomic E-state index is -0.137. The maximum Gasteiger partial charge on any atom is 0.260 e. The Morgan fingerprint density at radius 2 is 1.92 bits per heavy atom. The van der Waals surface area contributed by atoms with Crippen molar-refractivity contribution in [2.24, 2.45) is 0 Å². The second kappa shape index (κ2) is 6.35. The van der Waals surface area contributed by atoms with Crippen molar-refractivity contribution >= 4 is 16.9 Å². The van der Waals surface area contributed by atoms with Gasteiger partial charge in [-0.15, -0.1) is 0 Å². The first-order valence-corrected chi connectivity index (χ1v) is 8.27. The minimum Gasteiger partial charge on any atom is -0.490 e. The smallest absolute Gasteiger partial charge is 0.260 e. The van der Waals surface area contributed by atoms with Gasteiger partial charge in [-0.25, -0.2) is 4.98 Å².